The van der Waals surface area contributed by atoms with Crippen LogP contribution in [-0.2, 0) is 7.05 Å². The van der Waals surface area contributed by atoms with Crippen molar-refractivity contribution in [3.05, 3.63) is 0 Å². The number of nitrogens with zero attached hydrogens (tertiary/aromatic N) is 5. The van der Waals surface area contributed by atoms with E-state index in [9.17, 15) is 0 Å². The maximum absolute atomic E-state index is 3.86. The molecule has 0 aliphatic heterocycles. The summed E-state index contributed by atoms with van der Waals surface area (Å²) in [5.41, 5.74) is 0. The average Bonchev–Trinajstić information content (AvgIpc) is 2.36. The highest BCUT2D eigenvalue weighted by Gasteiger charge is 2.05. The summed E-state index contributed by atoms with van der Waals surface area (Å²) in [6.07, 6.45) is 1.10. The van der Waals surface area contributed by atoms with E-state index in [2.05, 4.69) is 22.4 Å². The molecule has 0 N–H and O–H groups in total. The van der Waals surface area contributed by atoms with Gasteiger partial charge in [-0.3, -0.25) is 0 Å². The first-order chi connectivity index (χ1) is 5.25. The highest BCUT2D eigenvalue weighted by Crippen LogP contribution is 2.02. The van der Waals surface area contributed by atoms with Gasteiger partial charge in [0.05, 0.1) is 0 Å². The molecule has 0 fully saturated rings. The monoisotopic (exact) mass is 155 g/mol. The van der Waals surface area contributed by atoms with Crippen LogP contribution in [0.2, 0.25) is 0 Å². The van der Waals surface area contributed by atoms with Crippen LogP contribution < -0.4 is 4.90 Å². The second-order valence-electron chi connectivity index (χ2n) is 2.52. The van der Waals surface area contributed by atoms with Gasteiger partial charge in [-0.1, -0.05) is 12.0 Å². The third-order valence-corrected chi connectivity index (χ3v) is 1.50. The highest BCUT2D eigenvalue weighted by atomic mass is 15.6. The number of anilines is 1. The smallest absolute Gasteiger partial charge is 0.244 e. The molecule has 0 amide bonds. The highest BCUT2D eigenvalue weighted by molar-refractivity contribution is 5.24. The quantitative estimate of drug-likeness (QED) is 0.619. The van der Waals surface area contributed by atoms with Gasteiger partial charge in [0.1, 0.15) is 0 Å². The first-order valence-electron chi connectivity index (χ1n) is 3.69. The zero-order chi connectivity index (χ0) is 8.27. The number of tetrazole rings is 1. The Kier molecular flexibility index (Phi) is 2.40. The Labute approximate surface area is 66.0 Å². The lowest BCUT2D eigenvalue weighted by Gasteiger charge is -2.14. The largest absolute Gasteiger partial charge is 0.343 e. The average molecular weight is 155 g/mol. The molecule has 0 aromatic carbocycles. The molecule has 0 saturated carbocycles. The van der Waals surface area contributed by atoms with Crippen LogP contribution >= 0.6 is 0 Å². The summed E-state index contributed by atoms with van der Waals surface area (Å²) in [6, 6.07) is 0. The minimum atomic E-state index is 0.812. The van der Waals surface area contributed by atoms with E-state index in [1.54, 1.807) is 4.68 Å². The lowest BCUT2D eigenvalue weighted by atomic mass is 10.4. The molecule has 11 heavy (non-hydrogen) atoms. The third kappa shape index (κ3) is 1.66. The van der Waals surface area contributed by atoms with Crippen LogP contribution in [0.4, 0.5) is 5.95 Å². The molecule has 5 nitrogen and oxygen atoms in total. The number of aryl methyl sites for hydroxylation is 1. The van der Waals surface area contributed by atoms with E-state index in [1.165, 1.54) is 0 Å². The van der Waals surface area contributed by atoms with Gasteiger partial charge in [0.2, 0.25) is 5.95 Å². The van der Waals surface area contributed by atoms with Crippen molar-refractivity contribution in [3.63, 3.8) is 0 Å². The molecular formula is C6H13N5. The van der Waals surface area contributed by atoms with Crippen LogP contribution in [0, 0.1) is 0 Å². The van der Waals surface area contributed by atoms with Crippen molar-refractivity contribution in [1.82, 2.24) is 20.2 Å². The SMILES string of the molecule is CCCN(C)c1nnnn1C. The first-order valence-corrected chi connectivity index (χ1v) is 3.69. The molecule has 62 valence electrons. The summed E-state index contributed by atoms with van der Waals surface area (Å²) >= 11 is 0. The van der Waals surface area contributed by atoms with Crippen molar-refractivity contribution in [2.45, 2.75) is 13.3 Å². The van der Waals surface area contributed by atoms with E-state index in [4.69, 9.17) is 0 Å². The lowest BCUT2D eigenvalue weighted by Crippen LogP contribution is -2.21. The number of rotatable bonds is 3. The molecule has 1 heterocycles. The van der Waals surface area contributed by atoms with Crippen molar-refractivity contribution in [3.8, 4) is 0 Å². The lowest BCUT2D eigenvalue weighted by molar-refractivity contribution is 0.693. The molecule has 0 unspecified atom stereocenters. The van der Waals surface area contributed by atoms with Crippen LogP contribution in [0.15, 0.2) is 0 Å². The van der Waals surface area contributed by atoms with Crippen LogP contribution in [0.25, 0.3) is 0 Å². The molecule has 0 saturated heterocycles. The zero-order valence-electron chi connectivity index (χ0n) is 7.15. The number of aromatic nitrogens is 4. The molecule has 0 aliphatic carbocycles. The van der Waals surface area contributed by atoms with Crippen LogP contribution in [0.1, 0.15) is 13.3 Å². The Morgan fingerprint density at radius 1 is 1.55 bits per heavy atom. The van der Waals surface area contributed by atoms with E-state index < -0.39 is 0 Å². The Morgan fingerprint density at radius 2 is 2.27 bits per heavy atom. The molecule has 1 aromatic rings. The summed E-state index contributed by atoms with van der Waals surface area (Å²) in [6.45, 7) is 3.11. The Morgan fingerprint density at radius 3 is 2.73 bits per heavy atom. The van der Waals surface area contributed by atoms with Crippen LogP contribution in [0.5, 0.6) is 0 Å². The second-order valence-corrected chi connectivity index (χ2v) is 2.52. The summed E-state index contributed by atoms with van der Waals surface area (Å²) in [5, 5.41) is 11.1. The molecular weight excluding hydrogens is 142 g/mol. The molecule has 1 rings (SSSR count). The van der Waals surface area contributed by atoms with E-state index in [1.807, 2.05) is 19.0 Å². The van der Waals surface area contributed by atoms with Crippen molar-refractivity contribution in [2.75, 3.05) is 18.5 Å². The minimum Gasteiger partial charge on any atom is -0.343 e. The van der Waals surface area contributed by atoms with Gasteiger partial charge in [0.25, 0.3) is 0 Å². The molecule has 1 aromatic heterocycles. The van der Waals surface area contributed by atoms with E-state index in [-0.39, 0.29) is 0 Å². The maximum Gasteiger partial charge on any atom is 0.244 e. The first kappa shape index (κ1) is 7.97. The summed E-state index contributed by atoms with van der Waals surface area (Å²) < 4.78 is 1.66. The second kappa shape index (κ2) is 3.32. The van der Waals surface area contributed by atoms with Gasteiger partial charge in [-0.15, -0.1) is 0 Å². The third-order valence-electron chi connectivity index (χ3n) is 1.50. The standard InChI is InChI=1S/C6H13N5/c1-4-5-10(2)6-7-8-9-11(6)3/h4-5H2,1-3H3. The Balaban J connectivity index is 2.67. The number of hydrogen-bond acceptors (Lipinski definition) is 4. The molecule has 0 aliphatic rings. The van der Waals surface area contributed by atoms with Crippen LogP contribution in [-0.4, -0.2) is 33.8 Å². The van der Waals surface area contributed by atoms with Gasteiger partial charge in [-0.25, -0.2) is 4.68 Å². The molecule has 0 bridgehead atoms. The number of hydrogen-bond donors (Lipinski definition) is 0. The maximum atomic E-state index is 3.86. The predicted octanol–water partition coefficient (Wildman–Crippen LogP) is 0.0563. The summed E-state index contributed by atoms with van der Waals surface area (Å²) in [5.74, 6) is 0.812. The molecule has 5 heteroatoms. The Bertz CT molecular complexity index is 219. The van der Waals surface area contributed by atoms with Gasteiger partial charge < -0.3 is 4.90 Å². The van der Waals surface area contributed by atoms with Gasteiger partial charge in [0.15, 0.2) is 0 Å². The zero-order valence-corrected chi connectivity index (χ0v) is 7.15. The van der Waals surface area contributed by atoms with Gasteiger partial charge in [-0.05, 0) is 16.8 Å². The van der Waals surface area contributed by atoms with Crippen LogP contribution in [0.3, 0.4) is 0 Å². The predicted molar refractivity (Wildman–Crippen MR) is 42.4 cm³/mol. The minimum absolute atomic E-state index is 0.812. The normalized spacial score (nSPS) is 10.1. The fourth-order valence-electron chi connectivity index (χ4n) is 0.984. The van der Waals surface area contributed by atoms with Crippen molar-refractivity contribution in [2.24, 2.45) is 7.05 Å². The fourth-order valence-corrected chi connectivity index (χ4v) is 0.984. The Hall–Kier alpha value is -1.13. The van der Waals surface area contributed by atoms with Crippen molar-refractivity contribution >= 4 is 5.95 Å². The van der Waals surface area contributed by atoms with Gasteiger partial charge >= 0.3 is 0 Å². The van der Waals surface area contributed by atoms with E-state index in [0.29, 0.717) is 0 Å². The molecule has 0 atom stereocenters. The van der Waals surface area contributed by atoms with E-state index >= 15 is 0 Å². The topological polar surface area (TPSA) is 46.8 Å². The van der Waals surface area contributed by atoms with Gasteiger partial charge in [-0.2, -0.15) is 0 Å². The fraction of sp³-hybridized carbons (Fsp3) is 0.833. The van der Waals surface area contributed by atoms with Gasteiger partial charge in [0, 0.05) is 20.6 Å². The summed E-state index contributed by atoms with van der Waals surface area (Å²) in [7, 11) is 3.82. The van der Waals surface area contributed by atoms with Crippen molar-refractivity contribution < 1.29 is 0 Å². The van der Waals surface area contributed by atoms with E-state index in [0.717, 1.165) is 18.9 Å². The molecule has 0 spiro atoms. The summed E-state index contributed by atoms with van der Waals surface area (Å²) in [4.78, 5) is 2.03. The van der Waals surface area contributed by atoms with Crippen molar-refractivity contribution in [1.29, 1.82) is 0 Å². The molecule has 0 radical (unpaired) electrons.